The van der Waals surface area contributed by atoms with E-state index in [2.05, 4.69) is 56.0 Å². The Labute approximate surface area is 157 Å². The average Bonchev–Trinajstić information content (AvgIpc) is 2.61. The molecule has 0 spiro atoms. The maximum absolute atomic E-state index is 15.2. The number of aryl methyl sites for hydroxylation is 3. The van der Waals surface area contributed by atoms with Crippen molar-refractivity contribution in [2.45, 2.75) is 59.2 Å². The molecule has 1 fully saturated rings. The monoisotopic (exact) mass is 355 g/mol. The van der Waals surface area contributed by atoms with E-state index in [1.54, 1.807) is 0 Å². The molecular weight excluding hydrogens is 325 g/mol. The molecule has 1 heterocycles. The molecule has 26 heavy (non-hydrogen) atoms. The number of hydrogen-bond donors (Lipinski definition) is 0. The van der Waals surface area contributed by atoms with Crippen LogP contribution in [0, 0.1) is 12.7 Å². The maximum atomic E-state index is 15.2. The van der Waals surface area contributed by atoms with Gasteiger partial charge in [0, 0.05) is 24.3 Å². The van der Waals surface area contributed by atoms with E-state index in [4.69, 9.17) is 4.74 Å². The summed E-state index contributed by atoms with van der Waals surface area (Å²) in [6, 6.07) is 12.6. The van der Waals surface area contributed by atoms with Crippen molar-refractivity contribution in [3.05, 3.63) is 64.5 Å². The standard InChI is InChI=1S/C23H30FNO/c1-5-21-22(25-14-17(3)26-18(4)15-25)13-12-20(23(21)24)11-10-19-8-6-16(2)7-9-19/h6-9,12-13,17-18H,5,10-11,14-15H2,1-4H3/t17-,18+. The first-order chi connectivity index (χ1) is 12.5. The fourth-order valence-electron chi connectivity index (χ4n) is 3.89. The predicted molar refractivity (Wildman–Crippen MR) is 107 cm³/mol. The minimum absolute atomic E-state index is 0.0242. The third kappa shape index (κ3) is 4.27. The van der Waals surface area contributed by atoms with E-state index in [1.165, 1.54) is 11.1 Å². The van der Waals surface area contributed by atoms with E-state index >= 15 is 4.39 Å². The Morgan fingerprint density at radius 2 is 1.65 bits per heavy atom. The lowest BCUT2D eigenvalue weighted by Crippen LogP contribution is -2.46. The first kappa shape index (κ1) is 18.9. The van der Waals surface area contributed by atoms with Gasteiger partial charge in [0.2, 0.25) is 0 Å². The van der Waals surface area contributed by atoms with Gasteiger partial charge in [0.15, 0.2) is 0 Å². The van der Waals surface area contributed by atoms with Crippen LogP contribution in [-0.4, -0.2) is 25.3 Å². The fraction of sp³-hybridized carbons (Fsp3) is 0.478. The molecule has 2 aromatic rings. The van der Waals surface area contributed by atoms with Gasteiger partial charge < -0.3 is 9.64 Å². The molecule has 140 valence electrons. The van der Waals surface area contributed by atoms with Crippen LogP contribution in [-0.2, 0) is 24.0 Å². The minimum Gasteiger partial charge on any atom is -0.372 e. The molecule has 3 heteroatoms. The second kappa shape index (κ2) is 8.22. The number of rotatable bonds is 5. The molecule has 0 aromatic heterocycles. The molecule has 2 nitrogen and oxygen atoms in total. The van der Waals surface area contributed by atoms with Crippen LogP contribution in [0.3, 0.4) is 0 Å². The lowest BCUT2D eigenvalue weighted by atomic mass is 9.98. The van der Waals surface area contributed by atoms with Crippen molar-refractivity contribution < 1.29 is 9.13 Å². The zero-order chi connectivity index (χ0) is 18.7. The Bertz CT molecular complexity index is 731. The zero-order valence-electron chi connectivity index (χ0n) is 16.4. The van der Waals surface area contributed by atoms with Crippen molar-refractivity contribution in [3.8, 4) is 0 Å². The third-order valence-electron chi connectivity index (χ3n) is 5.22. The molecule has 1 saturated heterocycles. The Kier molecular flexibility index (Phi) is 5.98. The predicted octanol–water partition coefficient (Wildman–Crippen LogP) is 5.10. The van der Waals surface area contributed by atoms with Gasteiger partial charge >= 0.3 is 0 Å². The quantitative estimate of drug-likeness (QED) is 0.740. The molecular formula is C23H30FNO. The number of morpholine rings is 1. The largest absolute Gasteiger partial charge is 0.372 e. The molecule has 1 aliphatic rings. The molecule has 1 aliphatic heterocycles. The SMILES string of the molecule is CCc1c(N2C[C@@H](C)O[C@@H](C)C2)ccc(CCc2ccc(C)cc2)c1F. The highest BCUT2D eigenvalue weighted by molar-refractivity contribution is 5.56. The smallest absolute Gasteiger partial charge is 0.131 e. The van der Waals surface area contributed by atoms with Crippen molar-refractivity contribution in [3.63, 3.8) is 0 Å². The van der Waals surface area contributed by atoms with E-state index in [0.29, 0.717) is 6.42 Å². The first-order valence-corrected chi connectivity index (χ1v) is 9.74. The summed E-state index contributed by atoms with van der Waals surface area (Å²) < 4.78 is 21.0. The van der Waals surface area contributed by atoms with E-state index in [-0.39, 0.29) is 18.0 Å². The van der Waals surface area contributed by atoms with Crippen molar-refractivity contribution in [2.24, 2.45) is 0 Å². The third-order valence-corrected chi connectivity index (χ3v) is 5.22. The summed E-state index contributed by atoms with van der Waals surface area (Å²) in [4.78, 5) is 2.28. The highest BCUT2D eigenvalue weighted by Crippen LogP contribution is 2.29. The highest BCUT2D eigenvalue weighted by atomic mass is 19.1. The van der Waals surface area contributed by atoms with Gasteiger partial charge in [-0.15, -0.1) is 0 Å². The van der Waals surface area contributed by atoms with Crippen molar-refractivity contribution in [2.75, 3.05) is 18.0 Å². The van der Waals surface area contributed by atoms with Gasteiger partial charge in [0.25, 0.3) is 0 Å². The van der Waals surface area contributed by atoms with Gasteiger partial charge in [-0.1, -0.05) is 42.8 Å². The zero-order valence-corrected chi connectivity index (χ0v) is 16.4. The summed E-state index contributed by atoms with van der Waals surface area (Å²) in [6.07, 6.45) is 2.66. The molecule has 0 amide bonds. The number of nitrogens with zero attached hydrogens (tertiary/aromatic N) is 1. The van der Waals surface area contributed by atoms with Crippen molar-refractivity contribution >= 4 is 5.69 Å². The summed E-state index contributed by atoms with van der Waals surface area (Å²) in [5.74, 6) is -0.0242. The second-order valence-corrected chi connectivity index (χ2v) is 7.54. The number of hydrogen-bond acceptors (Lipinski definition) is 2. The number of ether oxygens (including phenoxy) is 1. The summed E-state index contributed by atoms with van der Waals surface area (Å²) in [5, 5.41) is 0. The van der Waals surface area contributed by atoms with E-state index in [1.807, 2.05) is 13.0 Å². The summed E-state index contributed by atoms with van der Waals surface area (Å²) in [7, 11) is 0. The lowest BCUT2D eigenvalue weighted by molar-refractivity contribution is -0.00528. The van der Waals surface area contributed by atoms with Crippen LogP contribution in [0.5, 0.6) is 0 Å². The molecule has 3 rings (SSSR count). The number of halogens is 1. The summed E-state index contributed by atoms with van der Waals surface area (Å²) in [5.41, 5.74) is 5.21. The number of benzene rings is 2. The Morgan fingerprint density at radius 3 is 2.27 bits per heavy atom. The first-order valence-electron chi connectivity index (χ1n) is 9.74. The minimum atomic E-state index is -0.0242. The van der Waals surface area contributed by atoms with Crippen LogP contribution in [0.25, 0.3) is 0 Å². The van der Waals surface area contributed by atoms with Gasteiger partial charge in [-0.25, -0.2) is 4.39 Å². The van der Waals surface area contributed by atoms with E-state index in [0.717, 1.165) is 42.7 Å². The maximum Gasteiger partial charge on any atom is 0.131 e. The molecule has 0 saturated carbocycles. The van der Waals surface area contributed by atoms with Crippen molar-refractivity contribution in [1.29, 1.82) is 0 Å². The molecule has 2 aromatic carbocycles. The topological polar surface area (TPSA) is 12.5 Å². The molecule has 0 N–H and O–H groups in total. The fourth-order valence-corrected chi connectivity index (χ4v) is 3.89. The molecule has 0 bridgehead atoms. The van der Waals surface area contributed by atoms with E-state index in [9.17, 15) is 0 Å². The van der Waals surface area contributed by atoms with Crippen LogP contribution >= 0.6 is 0 Å². The van der Waals surface area contributed by atoms with Gasteiger partial charge in [-0.3, -0.25) is 0 Å². The lowest BCUT2D eigenvalue weighted by Gasteiger charge is -2.38. The number of anilines is 1. The highest BCUT2D eigenvalue weighted by Gasteiger charge is 2.25. The second-order valence-electron chi connectivity index (χ2n) is 7.54. The van der Waals surface area contributed by atoms with Crippen molar-refractivity contribution in [1.82, 2.24) is 0 Å². The normalized spacial score (nSPS) is 20.4. The van der Waals surface area contributed by atoms with Crippen LogP contribution in [0.2, 0.25) is 0 Å². The molecule has 0 aliphatic carbocycles. The van der Waals surface area contributed by atoms with Crippen LogP contribution in [0.1, 0.15) is 43.0 Å². The van der Waals surface area contributed by atoms with Gasteiger partial charge in [-0.05, 0) is 57.2 Å². The molecule has 0 unspecified atom stereocenters. The van der Waals surface area contributed by atoms with Crippen LogP contribution < -0.4 is 4.90 Å². The Balaban J connectivity index is 1.79. The van der Waals surface area contributed by atoms with Gasteiger partial charge in [0.1, 0.15) is 5.82 Å². The Hall–Kier alpha value is -1.87. The summed E-state index contributed by atoms with van der Waals surface area (Å²) >= 11 is 0. The summed E-state index contributed by atoms with van der Waals surface area (Å²) in [6.45, 7) is 9.93. The average molecular weight is 355 g/mol. The van der Waals surface area contributed by atoms with Crippen LogP contribution in [0.4, 0.5) is 10.1 Å². The van der Waals surface area contributed by atoms with Gasteiger partial charge in [-0.2, -0.15) is 0 Å². The van der Waals surface area contributed by atoms with Gasteiger partial charge in [0.05, 0.1) is 12.2 Å². The molecule has 0 radical (unpaired) electrons. The Morgan fingerprint density at radius 1 is 1.00 bits per heavy atom. The van der Waals surface area contributed by atoms with Crippen LogP contribution in [0.15, 0.2) is 36.4 Å². The molecule has 2 atom stereocenters. The van der Waals surface area contributed by atoms with E-state index < -0.39 is 0 Å².